The van der Waals surface area contributed by atoms with Crippen LogP contribution in [0.2, 0.25) is 0 Å². The summed E-state index contributed by atoms with van der Waals surface area (Å²) in [5.74, 6) is 1.60. The van der Waals surface area contributed by atoms with Gasteiger partial charge in [0.05, 0.1) is 12.8 Å². The van der Waals surface area contributed by atoms with Crippen LogP contribution in [-0.2, 0) is 6.54 Å². The molecule has 106 valence electrons. The van der Waals surface area contributed by atoms with Crippen molar-refractivity contribution >= 4 is 0 Å². The fourth-order valence-electron chi connectivity index (χ4n) is 2.41. The lowest BCUT2D eigenvalue weighted by molar-refractivity contribution is 0.0124. The van der Waals surface area contributed by atoms with Gasteiger partial charge in [0.25, 0.3) is 0 Å². The Bertz CT molecular complexity index is 576. The normalized spacial score (nSPS) is 15.9. The molecule has 0 bridgehead atoms. The van der Waals surface area contributed by atoms with Crippen molar-refractivity contribution in [3.05, 3.63) is 41.7 Å². The quantitative estimate of drug-likeness (QED) is 0.905. The topological polar surface area (TPSA) is 50.4 Å². The first kappa shape index (κ1) is 13.0. The summed E-state index contributed by atoms with van der Waals surface area (Å²) in [6.07, 6.45) is 0.228. The monoisotopic (exact) mass is 273 g/mol. The van der Waals surface area contributed by atoms with Crippen molar-refractivity contribution in [1.82, 2.24) is 15.1 Å². The summed E-state index contributed by atoms with van der Waals surface area (Å²) >= 11 is 0. The average molecular weight is 273 g/mol. The van der Waals surface area contributed by atoms with E-state index in [0.717, 1.165) is 42.5 Å². The maximum Gasteiger partial charge on any atom is 0.161 e. The van der Waals surface area contributed by atoms with Crippen LogP contribution < -0.4 is 9.47 Å². The molecule has 1 aromatic heterocycles. The van der Waals surface area contributed by atoms with Crippen LogP contribution in [-0.4, -0.2) is 41.4 Å². The van der Waals surface area contributed by atoms with E-state index in [2.05, 4.69) is 21.2 Å². The molecule has 0 aliphatic carbocycles. The molecule has 0 saturated carbocycles. The highest BCUT2D eigenvalue weighted by molar-refractivity contribution is 5.39. The number of aromatic nitrogens is 2. The third-order valence-corrected chi connectivity index (χ3v) is 3.43. The predicted octanol–water partition coefficient (Wildman–Crippen LogP) is 1.99. The highest BCUT2D eigenvalue weighted by Crippen LogP contribution is 2.28. The van der Waals surface area contributed by atoms with E-state index in [1.165, 1.54) is 0 Å². The van der Waals surface area contributed by atoms with E-state index in [4.69, 9.17) is 9.47 Å². The highest BCUT2D eigenvalue weighted by Gasteiger charge is 2.29. The van der Waals surface area contributed by atoms with Gasteiger partial charge in [-0.2, -0.15) is 5.10 Å². The van der Waals surface area contributed by atoms with Gasteiger partial charge in [0.2, 0.25) is 0 Å². The Kier molecular flexibility index (Phi) is 3.60. The molecule has 2 aromatic rings. The molecule has 0 unspecified atom stereocenters. The van der Waals surface area contributed by atoms with E-state index >= 15 is 0 Å². The summed E-state index contributed by atoms with van der Waals surface area (Å²) in [4.78, 5) is 2.32. The van der Waals surface area contributed by atoms with Crippen molar-refractivity contribution < 1.29 is 9.47 Å². The van der Waals surface area contributed by atoms with Crippen molar-refractivity contribution in [2.45, 2.75) is 19.6 Å². The minimum absolute atomic E-state index is 0.228. The Hall–Kier alpha value is -2.01. The molecule has 0 amide bonds. The molecule has 1 aliphatic heterocycles. The van der Waals surface area contributed by atoms with Gasteiger partial charge < -0.3 is 9.47 Å². The number of likely N-dealkylation sites (tertiary alicyclic amines) is 1. The summed E-state index contributed by atoms with van der Waals surface area (Å²) in [6.45, 7) is 4.73. The Balaban J connectivity index is 1.51. The lowest BCUT2D eigenvalue weighted by Crippen LogP contribution is -2.53. The fraction of sp³-hybridized carbons (Fsp3) is 0.400. The molecule has 1 aromatic carbocycles. The van der Waals surface area contributed by atoms with Crippen molar-refractivity contribution in [3.63, 3.8) is 0 Å². The van der Waals surface area contributed by atoms with E-state index < -0.39 is 0 Å². The van der Waals surface area contributed by atoms with Crippen molar-refractivity contribution in [1.29, 1.82) is 0 Å². The molecule has 1 aliphatic rings. The molecular formula is C15H19N3O2. The maximum atomic E-state index is 5.95. The van der Waals surface area contributed by atoms with Crippen molar-refractivity contribution in [2.24, 2.45) is 0 Å². The molecule has 0 radical (unpaired) electrons. The van der Waals surface area contributed by atoms with Gasteiger partial charge in [0.1, 0.15) is 6.10 Å². The lowest BCUT2D eigenvalue weighted by Gasteiger charge is -2.38. The van der Waals surface area contributed by atoms with Gasteiger partial charge in [-0.25, -0.2) is 0 Å². The summed E-state index contributed by atoms with van der Waals surface area (Å²) in [5.41, 5.74) is 2.18. The second-order valence-corrected chi connectivity index (χ2v) is 5.13. The van der Waals surface area contributed by atoms with E-state index in [0.29, 0.717) is 0 Å². The van der Waals surface area contributed by atoms with E-state index in [1.54, 1.807) is 7.11 Å². The van der Waals surface area contributed by atoms with Gasteiger partial charge in [-0.1, -0.05) is 12.1 Å². The number of H-pyrrole nitrogens is 1. The molecule has 3 rings (SSSR count). The number of hydrogen-bond donors (Lipinski definition) is 1. The first-order valence-corrected chi connectivity index (χ1v) is 6.77. The number of hydrogen-bond acceptors (Lipinski definition) is 4. The number of ether oxygens (including phenoxy) is 2. The van der Waals surface area contributed by atoms with Crippen LogP contribution in [0.4, 0.5) is 0 Å². The smallest absolute Gasteiger partial charge is 0.161 e. The fourth-order valence-corrected chi connectivity index (χ4v) is 2.41. The van der Waals surface area contributed by atoms with Crippen LogP contribution in [0.1, 0.15) is 11.4 Å². The van der Waals surface area contributed by atoms with Crippen LogP contribution in [0.15, 0.2) is 30.3 Å². The standard InChI is InChI=1S/C15H19N3O2/c1-11-7-12(17-16-11)8-18-9-13(10-18)20-15-6-4-3-5-14(15)19-2/h3-7,13H,8-10H2,1-2H3,(H,16,17). The Morgan fingerprint density at radius 1 is 1.30 bits per heavy atom. The van der Waals surface area contributed by atoms with Crippen molar-refractivity contribution in [3.8, 4) is 11.5 Å². The van der Waals surface area contributed by atoms with Gasteiger partial charge in [-0.15, -0.1) is 0 Å². The molecule has 5 nitrogen and oxygen atoms in total. The number of benzene rings is 1. The van der Waals surface area contributed by atoms with Crippen LogP contribution >= 0.6 is 0 Å². The summed E-state index contributed by atoms with van der Waals surface area (Å²) < 4.78 is 11.2. The molecular weight excluding hydrogens is 254 g/mol. The van der Waals surface area contributed by atoms with Crippen LogP contribution in [0.25, 0.3) is 0 Å². The van der Waals surface area contributed by atoms with Gasteiger partial charge in [0.15, 0.2) is 11.5 Å². The third kappa shape index (κ3) is 2.77. The third-order valence-electron chi connectivity index (χ3n) is 3.43. The maximum absolute atomic E-state index is 5.95. The van der Waals surface area contributed by atoms with Crippen LogP contribution in [0.3, 0.4) is 0 Å². The molecule has 1 fully saturated rings. The second-order valence-electron chi connectivity index (χ2n) is 5.13. The molecule has 1 N–H and O–H groups in total. The first-order chi connectivity index (χ1) is 9.74. The lowest BCUT2D eigenvalue weighted by atomic mass is 10.1. The van der Waals surface area contributed by atoms with Gasteiger partial charge in [-0.05, 0) is 25.1 Å². The number of nitrogens with zero attached hydrogens (tertiary/aromatic N) is 2. The molecule has 5 heteroatoms. The largest absolute Gasteiger partial charge is 0.493 e. The molecule has 0 spiro atoms. The zero-order valence-electron chi connectivity index (χ0n) is 11.8. The van der Waals surface area contributed by atoms with Crippen LogP contribution in [0.5, 0.6) is 11.5 Å². The zero-order chi connectivity index (χ0) is 13.9. The highest BCUT2D eigenvalue weighted by atomic mass is 16.5. The number of rotatable bonds is 5. The van der Waals surface area contributed by atoms with Gasteiger partial charge in [-0.3, -0.25) is 10.00 Å². The summed E-state index contributed by atoms with van der Waals surface area (Å²) in [6, 6.07) is 9.84. The summed E-state index contributed by atoms with van der Waals surface area (Å²) in [5, 5.41) is 7.21. The number of para-hydroxylation sites is 2. The minimum Gasteiger partial charge on any atom is -0.493 e. The predicted molar refractivity (Wildman–Crippen MR) is 76.0 cm³/mol. The Morgan fingerprint density at radius 3 is 2.70 bits per heavy atom. The van der Waals surface area contributed by atoms with E-state index in [1.807, 2.05) is 31.2 Å². The van der Waals surface area contributed by atoms with E-state index in [9.17, 15) is 0 Å². The SMILES string of the molecule is COc1ccccc1OC1CN(Cc2cc(C)[nH]n2)C1. The number of aryl methyl sites for hydroxylation is 1. The summed E-state index contributed by atoms with van der Waals surface area (Å²) in [7, 11) is 1.66. The molecule has 0 atom stereocenters. The second kappa shape index (κ2) is 5.54. The number of aromatic amines is 1. The van der Waals surface area contributed by atoms with Crippen molar-refractivity contribution in [2.75, 3.05) is 20.2 Å². The zero-order valence-corrected chi connectivity index (χ0v) is 11.8. The molecule has 1 saturated heterocycles. The average Bonchev–Trinajstić information content (AvgIpc) is 2.82. The number of nitrogens with one attached hydrogen (secondary N) is 1. The van der Waals surface area contributed by atoms with Gasteiger partial charge in [0, 0.05) is 25.3 Å². The van der Waals surface area contributed by atoms with E-state index in [-0.39, 0.29) is 6.10 Å². The van der Waals surface area contributed by atoms with Gasteiger partial charge >= 0.3 is 0 Å². The minimum atomic E-state index is 0.228. The first-order valence-electron chi connectivity index (χ1n) is 6.77. The molecule has 20 heavy (non-hydrogen) atoms. The molecule has 2 heterocycles. The Labute approximate surface area is 118 Å². The Morgan fingerprint density at radius 2 is 2.05 bits per heavy atom. The van der Waals surface area contributed by atoms with Crippen LogP contribution in [0, 0.1) is 6.92 Å². The number of methoxy groups -OCH3 is 1.